The molecule has 0 unspecified atom stereocenters. The zero-order valence-corrected chi connectivity index (χ0v) is 12.3. The van der Waals surface area contributed by atoms with E-state index in [1.807, 2.05) is 36.7 Å². The van der Waals surface area contributed by atoms with Crippen molar-refractivity contribution in [2.45, 2.75) is 25.9 Å². The predicted molar refractivity (Wildman–Crippen MR) is 71.6 cm³/mol. The quantitative estimate of drug-likeness (QED) is 0.370. The maximum absolute atomic E-state index is 11.0. The highest BCUT2D eigenvalue weighted by Crippen LogP contribution is 2.12. The molecule has 0 aliphatic carbocycles. The Morgan fingerprint density at radius 2 is 2.06 bits per heavy atom. The van der Waals surface area contributed by atoms with Gasteiger partial charge in [0, 0.05) is 43.1 Å². The van der Waals surface area contributed by atoms with Gasteiger partial charge in [-0.2, -0.15) is 0 Å². The molecule has 2 N–H and O–H groups in total. The molecule has 5 nitrogen and oxygen atoms in total. The lowest BCUT2D eigenvalue weighted by Crippen LogP contribution is -2.33. The minimum atomic E-state index is -0.144. The number of rotatable bonds is 9. The second-order valence-electron chi connectivity index (χ2n) is 3.99. The van der Waals surface area contributed by atoms with Crippen LogP contribution in [-0.4, -0.2) is 44.9 Å². The zero-order chi connectivity index (χ0) is 12.4. The van der Waals surface area contributed by atoms with Gasteiger partial charge < -0.3 is 14.8 Å². The average molecular weight is 344 g/mol. The molecule has 6 heteroatoms. The van der Waals surface area contributed by atoms with E-state index in [1.54, 1.807) is 7.11 Å². The van der Waals surface area contributed by atoms with Crippen LogP contribution in [0.4, 0.5) is 0 Å². The van der Waals surface area contributed by atoms with Gasteiger partial charge in [-0.25, -0.2) is 0 Å². The van der Waals surface area contributed by atoms with Crippen LogP contribution < -0.4 is 8.85 Å². The van der Waals surface area contributed by atoms with Gasteiger partial charge in [0.25, 0.3) is 0 Å². The molecule has 0 aromatic heterocycles. The fraction of sp³-hybridized carbons (Fsp3) is 0.900. The van der Waals surface area contributed by atoms with Crippen LogP contribution in [0.2, 0.25) is 0 Å². The number of methoxy groups -OCH3 is 1. The molecule has 0 saturated carbocycles. The van der Waals surface area contributed by atoms with Gasteiger partial charge in [0.2, 0.25) is 5.91 Å². The smallest absolute Gasteiger partial charge is 0.234 e. The molecule has 0 bridgehead atoms. The van der Waals surface area contributed by atoms with E-state index >= 15 is 0 Å². The lowest BCUT2D eigenvalue weighted by Gasteiger charge is -2.22. The number of nitrogens with one attached hydrogen (secondary N) is 2. The first-order chi connectivity index (χ1) is 7.52. The Balaban J connectivity index is 3.31. The molecule has 0 heterocycles. The van der Waals surface area contributed by atoms with E-state index in [1.165, 1.54) is 0 Å². The molecule has 0 aromatic carbocycles. The molecule has 0 fully saturated rings. The third-order valence-corrected chi connectivity index (χ3v) is 2.58. The summed E-state index contributed by atoms with van der Waals surface area (Å²) in [6.45, 7) is 6.09. The van der Waals surface area contributed by atoms with Crippen molar-refractivity contribution in [2.24, 2.45) is 0 Å². The van der Waals surface area contributed by atoms with Crippen molar-refractivity contribution in [3.8, 4) is 0 Å². The molecule has 0 spiro atoms. The van der Waals surface area contributed by atoms with E-state index in [9.17, 15) is 4.79 Å². The summed E-state index contributed by atoms with van der Waals surface area (Å²) in [5.41, 5.74) is -0.144. The first-order valence-electron chi connectivity index (χ1n) is 5.25. The van der Waals surface area contributed by atoms with Gasteiger partial charge in [-0.1, -0.05) is 0 Å². The van der Waals surface area contributed by atoms with Crippen LogP contribution in [0.3, 0.4) is 0 Å². The predicted octanol–water partition coefficient (Wildman–Crippen LogP) is 0.874. The van der Waals surface area contributed by atoms with Gasteiger partial charge in [0.1, 0.15) is 0 Å². The summed E-state index contributed by atoms with van der Waals surface area (Å²) < 4.78 is 13.4. The Bertz CT molecular complexity index is 201. The number of halogens is 1. The van der Waals surface area contributed by atoms with Crippen LogP contribution in [0.25, 0.3) is 0 Å². The van der Waals surface area contributed by atoms with Crippen LogP contribution in [0.1, 0.15) is 20.3 Å². The van der Waals surface area contributed by atoms with E-state index in [2.05, 4.69) is 8.85 Å². The van der Waals surface area contributed by atoms with Crippen molar-refractivity contribution in [3.05, 3.63) is 0 Å². The molecule has 96 valence electrons. The van der Waals surface area contributed by atoms with Crippen molar-refractivity contribution in [2.75, 3.05) is 33.4 Å². The first-order valence-corrected chi connectivity index (χ1v) is 6.33. The summed E-state index contributed by atoms with van der Waals surface area (Å²) in [5, 5.41) is 2.73. The van der Waals surface area contributed by atoms with E-state index < -0.39 is 0 Å². The monoisotopic (exact) mass is 344 g/mol. The molecule has 0 aliphatic heterocycles. The van der Waals surface area contributed by atoms with Gasteiger partial charge in [-0.3, -0.25) is 8.32 Å². The Morgan fingerprint density at radius 3 is 2.62 bits per heavy atom. The summed E-state index contributed by atoms with van der Waals surface area (Å²) in [6.07, 6.45) is 0.840. The van der Waals surface area contributed by atoms with Gasteiger partial charge >= 0.3 is 0 Å². The Morgan fingerprint density at radius 1 is 1.38 bits per heavy atom. The average Bonchev–Trinajstić information content (AvgIpc) is 2.23. The number of hydrogen-bond acceptors (Lipinski definition) is 4. The van der Waals surface area contributed by atoms with Gasteiger partial charge in [-0.05, 0) is 20.3 Å². The number of carbonyl (C=O) groups excluding carboxylic acids is 1. The Kier molecular flexibility index (Phi) is 9.19. The minimum absolute atomic E-state index is 0.0183. The lowest BCUT2D eigenvalue weighted by atomic mass is 10.1. The van der Waals surface area contributed by atoms with Gasteiger partial charge in [0.05, 0.1) is 18.8 Å². The molecule has 0 saturated heterocycles. The number of amides is 1. The molecule has 0 aromatic rings. The van der Waals surface area contributed by atoms with Crippen LogP contribution in [0.15, 0.2) is 0 Å². The number of carbonyl (C=O) groups is 1. The van der Waals surface area contributed by atoms with Crippen LogP contribution >= 0.6 is 22.9 Å². The maximum Gasteiger partial charge on any atom is 0.234 e. The second kappa shape index (κ2) is 9.15. The van der Waals surface area contributed by atoms with Crippen molar-refractivity contribution in [1.29, 1.82) is 0 Å². The molecule has 0 aliphatic rings. The van der Waals surface area contributed by atoms with Crippen molar-refractivity contribution < 1.29 is 14.3 Å². The summed E-state index contributed by atoms with van der Waals surface area (Å²) >= 11 is 1.93. The molecule has 1 amide bonds. The van der Waals surface area contributed by atoms with Crippen LogP contribution in [-0.2, 0) is 14.3 Å². The highest BCUT2D eigenvalue weighted by Gasteiger charge is 2.15. The van der Waals surface area contributed by atoms with Crippen LogP contribution in [0.5, 0.6) is 0 Å². The Hall–Kier alpha value is 0.0800. The van der Waals surface area contributed by atoms with Gasteiger partial charge in [-0.15, -0.1) is 0 Å². The van der Waals surface area contributed by atoms with Crippen molar-refractivity contribution >= 4 is 28.8 Å². The summed E-state index contributed by atoms with van der Waals surface area (Å²) in [7, 11) is 1.69. The van der Waals surface area contributed by atoms with Crippen LogP contribution in [0, 0.1) is 0 Å². The van der Waals surface area contributed by atoms with E-state index in [-0.39, 0.29) is 11.5 Å². The minimum Gasteiger partial charge on any atom is -0.380 e. The third kappa shape index (κ3) is 9.32. The SMILES string of the molecule is COC(C)(C)CCOCCNC(=O)CNI. The molecular formula is C10H21IN2O3. The van der Waals surface area contributed by atoms with Crippen molar-refractivity contribution in [1.82, 2.24) is 8.85 Å². The molecule has 0 radical (unpaired) electrons. The van der Waals surface area contributed by atoms with E-state index in [0.717, 1.165) is 6.42 Å². The summed E-state index contributed by atoms with van der Waals surface area (Å²) in [4.78, 5) is 11.0. The fourth-order valence-corrected chi connectivity index (χ4v) is 1.25. The molecule has 0 atom stereocenters. The number of ether oxygens (including phenoxy) is 2. The fourth-order valence-electron chi connectivity index (χ4n) is 0.908. The standard InChI is InChI=1S/C10H21IN2O3/c1-10(2,15-3)4-6-16-7-5-12-9(14)8-13-11/h13H,4-8H2,1-3H3,(H,12,14). The Labute approximate surface area is 111 Å². The summed E-state index contributed by atoms with van der Waals surface area (Å²) in [6, 6.07) is 0. The first kappa shape index (κ1) is 16.1. The molecular weight excluding hydrogens is 323 g/mol. The molecule has 0 rings (SSSR count). The van der Waals surface area contributed by atoms with Gasteiger partial charge in [0.15, 0.2) is 0 Å². The van der Waals surface area contributed by atoms with Crippen molar-refractivity contribution in [3.63, 3.8) is 0 Å². The highest BCUT2D eigenvalue weighted by molar-refractivity contribution is 14.1. The van der Waals surface area contributed by atoms with E-state index in [0.29, 0.717) is 26.3 Å². The second-order valence-corrected chi connectivity index (χ2v) is 4.75. The lowest BCUT2D eigenvalue weighted by molar-refractivity contribution is -0.120. The zero-order valence-electron chi connectivity index (χ0n) is 10.1. The normalized spacial score (nSPS) is 11.5. The maximum atomic E-state index is 11.0. The topological polar surface area (TPSA) is 59.6 Å². The summed E-state index contributed by atoms with van der Waals surface area (Å²) in [5.74, 6) is -0.0183. The largest absolute Gasteiger partial charge is 0.380 e. The third-order valence-electron chi connectivity index (χ3n) is 2.20. The molecule has 16 heavy (non-hydrogen) atoms. The van der Waals surface area contributed by atoms with E-state index in [4.69, 9.17) is 9.47 Å². The highest BCUT2D eigenvalue weighted by atomic mass is 127. The number of hydrogen-bond donors (Lipinski definition) is 2.